The molecule has 0 heterocycles. The van der Waals surface area contributed by atoms with Crippen LogP contribution in [0.2, 0.25) is 0 Å². The lowest BCUT2D eigenvalue weighted by molar-refractivity contribution is -0.131. The summed E-state index contributed by atoms with van der Waals surface area (Å²) in [7, 11) is 1.78. The van der Waals surface area contributed by atoms with Gasteiger partial charge >= 0.3 is 0 Å². The minimum absolute atomic E-state index is 0.0200. The second-order valence-corrected chi connectivity index (χ2v) is 4.59. The normalized spacial score (nSPS) is 11.9. The summed E-state index contributed by atoms with van der Waals surface area (Å²) >= 11 is 4.82. The molecule has 0 radical (unpaired) electrons. The van der Waals surface area contributed by atoms with Crippen LogP contribution in [0.5, 0.6) is 0 Å². The Morgan fingerprint density at radius 3 is 2.53 bits per heavy atom. The minimum Gasteiger partial charge on any atom is -0.393 e. The third kappa shape index (κ3) is 4.15. The molecule has 17 heavy (non-hydrogen) atoms. The first-order chi connectivity index (χ1) is 8.02. The molecule has 2 N–H and O–H groups in total. The molecule has 1 aromatic carbocycles. The molecule has 0 aliphatic heterocycles. The zero-order chi connectivity index (χ0) is 12.8. The number of nitrogens with two attached hydrogens (primary N) is 1. The molecule has 1 rings (SSSR count). The number of benzene rings is 1. The highest BCUT2D eigenvalue weighted by atomic mass is 32.1. The summed E-state index contributed by atoms with van der Waals surface area (Å²) < 4.78 is 0. The van der Waals surface area contributed by atoms with Crippen molar-refractivity contribution in [3.8, 4) is 0 Å². The smallest absolute Gasteiger partial charge is 0.231 e. The molecule has 0 fully saturated rings. The van der Waals surface area contributed by atoms with Gasteiger partial charge in [0.05, 0.1) is 10.9 Å². The van der Waals surface area contributed by atoms with E-state index in [1.807, 2.05) is 18.2 Å². The highest BCUT2D eigenvalue weighted by Crippen LogP contribution is 2.04. The maximum atomic E-state index is 11.9. The van der Waals surface area contributed by atoms with Crippen LogP contribution < -0.4 is 5.73 Å². The Morgan fingerprint density at radius 1 is 1.41 bits per heavy atom. The summed E-state index contributed by atoms with van der Waals surface area (Å²) in [6, 6.07) is 10.1. The van der Waals surface area contributed by atoms with Crippen LogP contribution >= 0.6 is 12.2 Å². The van der Waals surface area contributed by atoms with Crippen LogP contribution in [0.4, 0.5) is 0 Å². The highest BCUT2D eigenvalue weighted by molar-refractivity contribution is 7.80. The number of nitrogens with zero attached hydrogens (tertiary/aromatic N) is 1. The lowest BCUT2D eigenvalue weighted by Gasteiger charge is -2.20. The largest absolute Gasteiger partial charge is 0.393 e. The van der Waals surface area contributed by atoms with Gasteiger partial charge in [-0.1, -0.05) is 42.5 Å². The lowest BCUT2D eigenvalue weighted by atomic mass is 10.1. The van der Waals surface area contributed by atoms with Crippen LogP contribution in [0, 0.1) is 5.92 Å². The molecule has 1 amide bonds. The number of carbonyl (C=O) groups excluding carboxylic acids is 1. The summed E-state index contributed by atoms with van der Waals surface area (Å²) in [6.45, 7) is 2.42. The zero-order valence-corrected chi connectivity index (χ0v) is 11.0. The van der Waals surface area contributed by atoms with Crippen molar-refractivity contribution in [1.29, 1.82) is 0 Å². The van der Waals surface area contributed by atoms with E-state index in [-0.39, 0.29) is 16.8 Å². The lowest BCUT2D eigenvalue weighted by Crippen LogP contribution is -2.38. The molecule has 0 aromatic heterocycles. The Morgan fingerprint density at radius 2 is 2.00 bits per heavy atom. The van der Waals surface area contributed by atoms with Gasteiger partial charge in [-0.3, -0.25) is 4.79 Å². The van der Waals surface area contributed by atoms with Crippen molar-refractivity contribution in [2.45, 2.75) is 13.3 Å². The monoisotopic (exact) mass is 250 g/mol. The number of carbonyl (C=O) groups is 1. The Balaban J connectivity index is 2.47. The van der Waals surface area contributed by atoms with Crippen molar-refractivity contribution >= 4 is 23.1 Å². The number of hydrogen-bond acceptors (Lipinski definition) is 2. The first kappa shape index (κ1) is 13.6. The van der Waals surface area contributed by atoms with E-state index in [0.29, 0.717) is 6.54 Å². The maximum Gasteiger partial charge on any atom is 0.231 e. The van der Waals surface area contributed by atoms with E-state index in [1.165, 1.54) is 5.56 Å². The number of amides is 1. The Labute approximate surface area is 108 Å². The van der Waals surface area contributed by atoms with Gasteiger partial charge < -0.3 is 10.6 Å². The molecule has 0 aliphatic rings. The van der Waals surface area contributed by atoms with Crippen molar-refractivity contribution in [1.82, 2.24) is 4.90 Å². The van der Waals surface area contributed by atoms with Gasteiger partial charge in [0.15, 0.2) is 0 Å². The average molecular weight is 250 g/mol. The van der Waals surface area contributed by atoms with Gasteiger partial charge in [-0.25, -0.2) is 0 Å². The molecule has 0 saturated carbocycles. The molecule has 92 valence electrons. The van der Waals surface area contributed by atoms with E-state index < -0.39 is 0 Å². The van der Waals surface area contributed by atoms with E-state index >= 15 is 0 Å². The number of hydrogen-bond donors (Lipinski definition) is 1. The predicted molar refractivity (Wildman–Crippen MR) is 73.7 cm³/mol. The minimum atomic E-state index is -0.384. The number of thiocarbonyl (C=S) groups is 1. The average Bonchev–Trinajstić information content (AvgIpc) is 2.35. The molecule has 3 nitrogen and oxygen atoms in total. The summed E-state index contributed by atoms with van der Waals surface area (Å²) in [5.41, 5.74) is 6.68. The van der Waals surface area contributed by atoms with E-state index in [2.05, 4.69) is 12.1 Å². The standard InChI is InChI=1S/C13H18N2OS/c1-10(12(14)17)13(16)15(2)9-8-11-6-4-3-5-7-11/h3-7,10H,8-9H2,1-2H3,(H2,14,17). The van der Waals surface area contributed by atoms with Gasteiger partial charge in [-0.15, -0.1) is 0 Å². The van der Waals surface area contributed by atoms with Gasteiger partial charge in [-0.2, -0.15) is 0 Å². The molecular weight excluding hydrogens is 232 g/mol. The van der Waals surface area contributed by atoms with Gasteiger partial charge in [0.25, 0.3) is 0 Å². The van der Waals surface area contributed by atoms with Crippen LogP contribution in [0.1, 0.15) is 12.5 Å². The van der Waals surface area contributed by atoms with E-state index in [1.54, 1.807) is 18.9 Å². The third-order valence-electron chi connectivity index (χ3n) is 2.75. The third-order valence-corrected chi connectivity index (χ3v) is 3.11. The molecule has 0 aliphatic carbocycles. The van der Waals surface area contributed by atoms with Gasteiger partial charge in [0, 0.05) is 13.6 Å². The Hall–Kier alpha value is -1.42. The van der Waals surface area contributed by atoms with Gasteiger partial charge in [-0.05, 0) is 18.9 Å². The molecule has 0 spiro atoms. The van der Waals surface area contributed by atoms with E-state index in [9.17, 15) is 4.79 Å². The molecule has 1 unspecified atom stereocenters. The highest BCUT2D eigenvalue weighted by Gasteiger charge is 2.19. The fourth-order valence-corrected chi connectivity index (χ4v) is 1.60. The fraction of sp³-hybridized carbons (Fsp3) is 0.385. The van der Waals surface area contributed by atoms with Gasteiger partial charge in [0.1, 0.15) is 0 Å². The SMILES string of the molecule is CC(C(=O)N(C)CCc1ccccc1)C(N)=S. The van der Waals surface area contributed by atoms with Gasteiger partial charge in [0.2, 0.25) is 5.91 Å². The van der Waals surface area contributed by atoms with Crippen molar-refractivity contribution in [2.75, 3.05) is 13.6 Å². The summed E-state index contributed by atoms with van der Waals surface area (Å²) in [6.07, 6.45) is 0.840. The second kappa shape index (κ2) is 6.35. The first-order valence-corrected chi connectivity index (χ1v) is 6.01. The van der Waals surface area contributed by atoms with E-state index in [0.717, 1.165) is 6.42 Å². The zero-order valence-electron chi connectivity index (χ0n) is 10.2. The van der Waals surface area contributed by atoms with E-state index in [4.69, 9.17) is 18.0 Å². The molecule has 1 atom stereocenters. The van der Waals surface area contributed by atoms with Crippen LogP contribution in [-0.2, 0) is 11.2 Å². The van der Waals surface area contributed by atoms with Crippen LogP contribution in [0.3, 0.4) is 0 Å². The number of rotatable bonds is 5. The fourth-order valence-electron chi connectivity index (χ4n) is 1.50. The van der Waals surface area contributed by atoms with Crippen molar-refractivity contribution in [3.63, 3.8) is 0 Å². The van der Waals surface area contributed by atoms with Crippen molar-refractivity contribution in [3.05, 3.63) is 35.9 Å². The van der Waals surface area contributed by atoms with Crippen molar-refractivity contribution < 1.29 is 4.79 Å². The quantitative estimate of drug-likeness (QED) is 0.808. The Bertz CT molecular complexity index is 392. The second-order valence-electron chi connectivity index (χ2n) is 4.12. The van der Waals surface area contributed by atoms with Crippen LogP contribution in [-0.4, -0.2) is 29.4 Å². The molecule has 1 aromatic rings. The van der Waals surface area contributed by atoms with Crippen molar-refractivity contribution in [2.24, 2.45) is 11.7 Å². The molecule has 0 bridgehead atoms. The molecular formula is C13H18N2OS. The summed E-state index contributed by atoms with van der Waals surface area (Å²) in [5, 5.41) is 0. The molecule has 0 saturated heterocycles. The maximum absolute atomic E-state index is 11.9. The summed E-state index contributed by atoms with van der Waals surface area (Å²) in [4.78, 5) is 13.8. The van der Waals surface area contributed by atoms with Crippen LogP contribution in [0.15, 0.2) is 30.3 Å². The van der Waals surface area contributed by atoms with Crippen LogP contribution in [0.25, 0.3) is 0 Å². The summed E-state index contributed by atoms with van der Waals surface area (Å²) in [5.74, 6) is -0.404. The first-order valence-electron chi connectivity index (χ1n) is 5.60. The number of likely N-dealkylation sites (N-methyl/N-ethyl adjacent to an activating group) is 1. The predicted octanol–water partition coefficient (Wildman–Crippen LogP) is 1.61. The topological polar surface area (TPSA) is 46.3 Å². The Kier molecular flexibility index (Phi) is 5.10. The molecule has 4 heteroatoms.